The maximum absolute atomic E-state index is 11.8. The summed E-state index contributed by atoms with van der Waals surface area (Å²) >= 11 is 5.80. The third-order valence-corrected chi connectivity index (χ3v) is 3.25. The number of rotatable bonds is 5. The molecule has 0 unspecified atom stereocenters. The van der Waals surface area contributed by atoms with Gasteiger partial charge in [0.1, 0.15) is 0 Å². The highest BCUT2D eigenvalue weighted by Crippen LogP contribution is 2.12. The van der Waals surface area contributed by atoms with Crippen LogP contribution in [0.4, 0.5) is 5.69 Å². The average Bonchev–Trinajstić information content (AvgIpc) is 2.52. The number of esters is 1. The van der Waals surface area contributed by atoms with Gasteiger partial charge in [-0.15, -0.1) is 0 Å². The first-order valence-electron chi connectivity index (χ1n) is 6.90. The van der Waals surface area contributed by atoms with Gasteiger partial charge in [-0.25, -0.2) is 4.79 Å². The zero-order chi connectivity index (χ0) is 15.9. The van der Waals surface area contributed by atoms with E-state index in [9.17, 15) is 9.59 Å². The molecule has 5 heteroatoms. The molecule has 2 rings (SSSR count). The summed E-state index contributed by atoms with van der Waals surface area (Å²) in [5, 5.41) is 3.13. The Balaban J connectivity index is 1.88. The van der Waals surface area contributed by atoms with Crippen LogP contribution in [-0.4, -0.2) is 18.5 Å². The van der Waals surface area contributed by atoms with Crippen LogP contribution in [0.5, 0.6) is 0 Å². The van der Waals surface area contributed by atoms with Crippen molar-refractivity contribution < 1.29 is 14.3 Å². The molecule has 114 valence electrons. The Bertz CT molecular complexity index is 685. The van der Waals surface area contributed by atoms with Crippen LogP contribution in [0.3, 0.4) is 0 Å². The SMILES string of the molecule is CCc1cccc(NC(=O)COC(=O)c2cccc(Cl)c2)c1. The molecule has 0 radical (unpaired) electrons. The fourth-order valence-electron chi connectivity index (χ4n) is 1.90. The summed E-state index contributed by atoms with van der Waals surface area (Å²) in [6.07, 6.45) is 0.882. The Morgan fingerprint density at radius 1 is 1.14 bits per heavy atom. The molecule has 0 aromatic heterocycles. The normalized spacial score (nSPS) is 10.1. The standard InChI is InChI=1S/C17H16ClNO3/c1-2-12-5-3-8-15(9-12)19-16(20)11-22-17(21)13-6-4-7-14(18)10-13/h3-10H,2,11H2,1H3,(H,19,20). The number of carbonyl (C=O) groups is 2. The van der Waals surface area contributed by atoms with Gasteiger partial charge in [0.15, 0.2) is 6.61 Å². The number of ether oxygens (including phenoxy) is 1. The van der Waals surface area contributed by atoms with Crippen molar-refractivity contribution in [2.75, 3.05) is 11.9 Å². The van der Waals surface area contributed by atoms with Crippen molar-refractivity contribution in [1.82, 2.24) is 0 Å². The molecule has 2 aromatic rings. The number of nitrogens with one attached hydrogen (secondary N) is 1. The maximum Gasteiger partial charge on any atom is 0.338 e. The number of carbonyl (C=O) groups excluding carboxylic acids is 2. The minimum absolute atomic E-state index is 0.313. The summed E-state index contributed by atoms with van der Waals surface area (Å²) in [6.45, 7) is 1.69. The molecule has 22 heavy (non-hydrogen) atoms. The van der Waals surface area contributed by atoms with Crippen molar-refractivity contribution in [1.29, 1.82) is 0 Å². The van der Waals surface area contributed by atoms with Gasteiger partial charge < -0.3 is 10.1 Å². The molecular formula is C17H16ClNO3. The average molecular weight is 318 g/mol. The zero-order valence-electron chi connectivity index (χ0n) is 12.1. The van der Waals surface area contributed by atoms with Gasteiger partial charge in [-0.05, 0) is 42.3 Å². The van der Waals surface area contributed by atoms with Crippen LogP contribution in [0.25, 0.3) is 0 Å². The fourth-order valence-corrected chi connectivity index (χ4v) is 2.09. The molecule has 0 fully saturated rings. The minimum Gasteiger partial charge on any atom is -0.452 e. The van der Waals surface area contributed by atoms with Gasteiger partial charge in [-0.2, -0.15) is 0 Å². The highest BCUT2D eigenvalue weighted by molar-refractivity contribution is 6.30. The van der Waals surface area contributed by atoms with Crippen molar-refractivity contribution in [2.24, 2.45) is 0 Å². The number of amides is 1. The van der Waals surface area contributed by atoms with Crippen molar-refractivity contribution in [3.8, 4) is 0 Å². The minimum atomic E-state index is -0.583. The van der Waals surface area contributed by atoms with Crippen LogP contribution in [0.1, 0.15) is 22.8 Å². The van der Waals surface area contributed by atoms with E-state index in [0.717, 1.165) is 12.0 Å². The Morgan fingerprint density at radius 2 is 1.91 bits per heavy atom. The lowest BCUT2D eigenvalue weighted by atomic mass is 10.1. The van der Waals surface area contributed by atoms with Gasteiger partial charge in [0.05, 0.1) is 5.56 Å². The Labute approximate surface area is 134 Å². The molecule has 0 heterocycles. The summed E-state index contributed by atoms with van der Waals surface area (Å²) in [6, 6.07) is 13.9. The summed E-state index contributed by atoms with van der Waals surface area (Å²) in [7, 11) is 0. The lowest BCUT2D eigenvalue weighted by molar-refractivity contribution is -0.119. The summed E-state index contributed by atoms with van der Waals surface area (Å²) < 4.78 is 4.96. The van der Waals surface area contributed by atoms with Crippen LogP contribution in [-0.2, 0) is 16.0 Å². The maximum atomic E-state index is 11.8. The molecule has 0 spiro atoms. The predicted octanol–water partition coefficient (Wildman–Crippen LogP) is 3.70. The second-order valence-electron chi connectivity index (χ2n) is 4.69. The van der Waals surface area contributed by atoms with E-state index in [0.29, 0.717) is 16.3 Å². The predicted molar refractivity (Wildman–Crippen MR) is 86.2 cm³/mol. The van der Waals surface area contributed by atoms with Gasteiger partial charge in [0, 0.05) is 10.7 Å². The summed E-state index contributed by atoms with van der Waals surface area (Å²) in [5.74, 6) is -0.969. The zero-order valence-corrected chi connectivity index (χ0v) is 12.9. The first-order chi connectivity index (χ1) is 10.6. The highest BCUT2D eigenvalue weighted by Gasteiger charge is 2.10. The van der Waals surface area contributed by atoms with E-state index >= 15 is 0 Å². The van der Waals surface area contributed by atoms with Gasteiger partial charge in [-0.3, -0.25) is 4.79 Å². The molecule has 4 nitrogen and oxygen atoms in total. The van der Waals surface area contributed by atoms with Crippen LogP contribution < -0.4 is 5.32 Å². The first-order valence-corrected chi connectivity index (χ1v) is 7.27. The molecular weight excluding hydrogens is 302 g/mol. The Hall–Kier alpha value is -2.33. The smallest absolute Gasteiger partial charge is 0.338 e. The topological polar surface area (TPSA) is 55.4 Å². The van der Waals surface area contributed by atoms with Crippen LogP contribution in [0, 0.1) is 0 Å². The van der Waals surface area contributed by atoms with Gasteiger partial charge in [0.2, 0.25) is 0 Å². The molecule has 0 bridgehead atoms. The fraction of sp³-hybridized carbons (Fsp3) is 0.176. The molecule has 0 saturated heterocycles. The van der Waals surface area contributed by atoms with Gasteiger partial charge >= 0.3 is 5.97 Å². The molecule has 0 aliphatic carbocycles. The van der Waals surface area contributed by atoms with Gasteiger partial charge in [0.25, 0.3) is 5.91 Å². The van der Waals surface area contributed by atoms with E-state index in [1.165, 1.54) is 6.07 Å². The second-order valence-corrected chi connectivity index (χ2v) is 5.13. The monoisotopic (exact) mass is 317 g/mol. The molecule has 0 aliphatic rings. The summed E-state index contributed by atoms with van der Waals surface area (Å²) in [4.78, 5) is 23.6. The van der Waals surface area contributed by atoms with Crippen molar-refractivity contribution in [3.05, 3.63) is 64.7 Å². The Kier molecular flexibility index (Phi) is 5.55. The van der Waals surface area contributed by atoms with Crippen molar-refractivity contribution in [2.45, 2.75) is 13.3 Å². The third kappa shape index (κ3) is 4.60. The summed E-state index contributed by atoms with van der Waals surface area (Å²) in [5.41, 5.74) is 2.12. The van der Waals surface area contributed by atoms with E-state index in [4.69, 9.17) is 16.3 Å². The highest BCUT2D eigenvalue weighted by atomic mass is 35.5. The molecule has 1 N–H and O–H groups in total. The quantitative estimate of drug-likeness (QED) is 0.855. The van der Waals surface area contributed by atoms with E-state index in [1.807, 2.05) is 25.1 Å². The van der Waals surface area contributed by atoms with E-state index in [-0.39, 0.29) is 12.5 Å². The number of aryl methyl sites for hydroxylation is 1. The van der Waals surface area contributed by atoms with Crippen molar-refractivity contribution >= 4 is 29.2 Å². The third-order valence-electron chi connectivity index (χ3n) is 3.01. The van der Waals surface area contributed by atoms with E-state index in [1.54, 1.807) is 24.3 Å². The lowest BCUT2D eigenvalue weighted by Crippen LogP contribution is -2.21. The second kappa shape index (κ2) is 7.61. The molecule has 1 amide bonds. The number of hydrogen-bond donors (Lipinski definition) is 1. The Morgan fingerprint density at radius 3 is 2.64 bits per heavy atom. The van der Waals surface area contributed by atoms with Crippen LogP contribution in [0.2, 0.25) is 5.02 Å². The van der Waals surface area contributed by atoms with Crippen LogP contribution >= 0.6 is 11.6 Å². The molecule has 2 aromatic carbocycles. The number of anilines is 1. The lowest BCUT2D eigenvalue weighted by Gasteiger charge is -2.08. The van der Waals surface area contributed by atoms with E-state index in [2.05, 4.69) is 5.32 Å². The largest absolute Gasteiger partial charge is 0.452 e. The van der Waals surface area contributed by atoms with Crippen molar-refractivity contribution in [3.63, 3.8) is 0 Å². The van der Waals surface area contributed by atoms with E-state index < -0.39 is 5.97 Å². The number of halogens is 1. The molecule has 0 atom stereocenters. The molecule has 0 aliphatic heterocycles. The van der Waals surface area contributed by atoms with Gasteiger partial charge in [-0.1, -0.05) is 36.7 Å². The number of benzene rings is 2. The number of hydrogen-bond acceptors (Lipinski definition) is 3. The first kappa shape index (κ1) is 16.0. The molecule has 0 saturated carbocycles. The van der Waals surface area contributed by atoms with Crippen LogP contribution in [0.15, 0.2) is 48.5 Å².